The average molecular weight is 431 g/mol. The van der Waals surface area contributed by atoms with Gasteiger partial charge in [0.05, 0.1) is 32.8 Å². The first kappa shape index (κ1) is 21.2. The number of hydrogen-bond acceptors (Lipinski definition) is 6. The Morgan fingerprint density at radius 1 is 1.17 bits per heavy atom. The maximum absolute atomic E-state index is 13.2. The maximum atomic E-state index is 13.2. The van der Waals surface area contributed by atoms with Crippen molar-refractivity contribution in [3.05, 3.63) is 29.3 Å². The van der Waals surface area contributed by atoms with Crippen LogP contribution in [0.5, 0.6) is 0 Å². The van der Waals surface area contributed by atoms with Gasteiger partial charge in [0.25, 0.3) is 5.91 Å². The van der Waals surface area contributed by atoms with Crippen molar-refractivity contribution in [1.82, 2.24) is 9.88 Å². The van der Waals surface area contributed by atoms with Gasteiger partial charge in [-0.25, -0.2) is 4.98 Å². The number of amides is 1. The smallest absolute Gasteiger partial charge is 0.313 e. The summed E-state index contributed by atoms with van der Waals surface area (Å²) in [5.74, 6) is -0.388. The summed E-state index contributed by atoms with van der Waals surface area (Å²) in [7, 11) is 0. The molecule has 0 spiro atoms. The molecule has 2 aliphatic rings. The average Bonchev–Trinajstić information content (AvgIpc) is 3.13. The third-order valence-corrected chi connectivity index (χ3v) is 7.21. The Balaban J connectivity index is 1.43. The molecule has 0 N–H and O–H groups in total. The van der Waals surface area contributed by atoms with E-state index < -0.39 is 5.41 Å². The second kappa shape index (κ2) is 9.02. The van der Waals surface area contributed by atoms with Crippen molar-refractivity contribution in [3.63, 3.8) is 0 Å². The molecule has 2 unspecified atom stereocenters. The molecule has 1 aliphatic heterocycles. The molecular formula is C23H30N2O4S. The van der Waals surface area contributed by atoms with Crippen LogP contribution in [0.15, 0.2) is 24.3 Å². The Kier molecular flexibility index (Phi) is 6.39. The summed E-state index contributed by atoms with van der Waals surface area (Å²) in [5, 5.41) is 0.970. The van der Waals surface area contributed by atoms with Crippen LogP contribution in [0.25, 0.3) is 10.2 Å². The first-order chi connectivity index (χ1) is 14.4. The van der Waals surface area contributed by atoms with Gasteiger partial charge in [-0.2, -0.15) is 0 Å². The fourth-order valence-corrected chi connectivity index (χ4v) is 5.83. The Hall–Kier alpha value is -1.99. The second-order valence-electron chi connectivity index (χ2n) is 8.73. The number of morpholine rings is 1. The maximum Gasteiger partial charge on any atom is 0.313 e. The molecule has 30 heavy (non-hydrogen) atoms. The van der Waals surface area contributed by atoms with Crippen LogP contribution in [0.3, 0.4) is 0 Å². The summed E-state index contributed by atoms with van der Waals surface area (Å²) in [6.07, 6.45) is 5.32. The number of rotatable bonds is 5. The summed E-state index contributed by atoms with van der Waals surface area (Å²) in [5.41, 5.74) is 0.403. The van der Waals surface area contributed by atoms with E-state index in [1.807, 2.05) is 32.0 Å². The Bertz CT molecular complexity index is 862. The number of carbonyl (C=O) groups excluding carboxylic acids is 2. The number of ether oxygens (including phenoxy) is 2. The Morgan fingerprint density at radius 3 is 2.57 bits per heavy atom. The van der Waals surface area contributed by atoms with Crippen molar-refractivity contribution < 1.29 is 19.1 Å². The lowest BCUT2D eigenvalue weighted by molar-refractivity contribution is -0.166. The van der Waals surface area contributed by atoms with E-state index in [0.29, 0.717) is 19.5 Å². The molecule has 4 rings (SSSR count). The highest BCUT2D eigenvalue weighted by Gasteiger charge is 2.42. The predicted octanol–water partition coefficient (Wildman–Crippen LogP) is 3.97. The third kappa shape index (κ3) is 4.67. The number of para-hydroxylation sites is 1. The molecule has 6 nitrogen and oxygen atoms in total. The molecule has 2 heterocycles. The van der Waals surface area contributed by atoms with E-state index in [1.165, 1.54) is 0 Å². The second-order valence-corrected chi connectivity index (χ2v) is 9.84. The highest BCUT2D eigenvalue weighted by Crippen LogP contribution is 2.41. The Labute approximate surface area is 181 Å². The number of nitrogens with zero attached hydrogens (tertiary/aromatic N) is 2. The van der Waals surface area contributed by atoms with E-state index in [9.17, 15) is 9.59 Å². The number of benzene rings is 1. The summed E-state index contributed by atoms with van der Waals surface area (Å²) in [6, 6.07) is 8.05. The van der Waals surface area contributed by atoms with Crippen LogP contribution in [-0.2, 0) is 25.5 Å². The van der Waals surface area contributed by atoms with Gasteiger partial charge in [0.15, 0.2) is 6.61 Å². The fourth-order valence-electron chi connectivity index (χ4n) is 4.72. The molecule has 162 valence electrons. The highest BCUT2D eigenvalue weighted by molar-refractivity contribution is 7.18. The lowest BCUT2D eigenvalue weighted by Gasteiger charge is -2.36. The molecular weight excluding hydrogens is 400 g/mol. The van der Waals surface area contributed by atoms with Crippen molar-refractivity contribution >= 4 is 33.4 Å². The fraction of sp³-hybridized carbons (Fsp3) is 0.609. The van der Waals surface area contributed by atoms with Crippen molar-refractivity contribution in [2.45, 2.75) is 64.6 Å². The van der Waals surface area contributed by atoms with Gasteiger partial charge in [0.2, 0.25) is 0 Å². The summed E-state index contributed by atoms with van der Waals surface area (Å²) in [4.78, 5) is 32.3. The molecule has 0 radical (unpaired) electrons. The molecule has 2 aromatic rings. The van der Waals surface area contributed by atoms with E-state index in [0.717, 1.165) is 47.3 Å². The van der Waals surface area contributed by atoms with Crippen LogP contribution in [0.1, 0.15) is 51.0 Å². The van der Waals surface area contributed by atoms with Crippen molar-refractivity contribution in [1.29, 1.82) is 0 Å². The Morgan fingerprint density at radius 2 is 1.87 bits per heavy atom. The number of hydrogen-bond donors (Lipinski definition) is 0. The zero-order valence-corrected chi connectivity index (χ0v) is 18.6. The standard InChI is InChI=1S/C23H30N2O4S/c1-16-13-25(14-17(2)29-16)21(26)15-28-22(27)23(10-6-3-7-11-23)12-20-24-18-8-4-5-9-19(18)30-20/h4-5,8-9,16-17H,3,6-7,10-15H2,1-2H3. The summed E-state index contributed by atoms with van der Waals surface area (Å²) < 4.78 is 12.4. The quantitative estimate of drug-likeness (QED) is 0.672. The topological polar surface area (TPSA) is 68.7 Å². The van der Waals surface area contributed by atoms with Crippen LogP contribution in [0.2, 0.25) is 0 Å². The number of fused-ring (bicyclic) bond motifs is 1. The minimum absolute atomic E-state index is 0.00266. The molecule has 2 fully saturated rings. The predicted molar refractivity (Wildman–Crippen MR) is 116 cm³/mol. The summed E-state index contributed by atoms with van der Waals surface area (Å²) >= 11 is 1.65. The molecule has 1 amide bonds. The molecule has 0 bridgehead atoms. The van der Waals surface area contributed by atoms with Gasteiger partial charge in [-0.15, -0.1) is 11.3 Å². The molecule has 1 saturated heterocycles. The SMILES string of the molecule is CC1CN(C(=O)COC(=O)C2(Cc3nc4ccccc4s3)CCCCC2)CC(C)O1. The lowest BCUT2D eigenvalue weighted by Crippen LogP contribution is -2.50. The highest BCUT2D eigenvalue weighted by atomic mass is 32.1. The third-order valence-electron chi connectivity index (χ3n) is 6.17. The molecule has 1 saturated carbocycles. The van der Waals surface area contributed by atoms with E-state index in [-0.39, 0.29) is 30.7 Å². The van der Waals surface area contributed by atoms with Crippen molar-refractivity contribution in [2.24, 2.45) is 5.41 Å². The van der Waals surface area contributed by atoms with Gasteiger partial charge in [0.1, 0.15) is 0 Å². The first-order valence-electron chi connectivity index (χ1n) is 10.9. The van der Waals surface area contributed by atoms with E-state index >= 15 is 0 Å². The normalized spacial score (nSPS) is 24.0. The van der Waals surface area contributed by atoms with Gasteiger partial charge in [-0.1, -0.05) is 31.4 Å². The van der Waals surface area contributed by atoms with Gasteiger partial charge in [-0.3, -0.25) is 9.59 Å². The van der Waals surface area contributed by atoms with E-state index in [2.05, 4.69) is 6.07 Å². The van der Waals surface area contributed by atoms with Crippen LogP contribution >= 0.6 is 11.3 Å². The van der Waals surface area contributed by atoms with Gasteiger partial charge in [0, 0.05) is 19.5 Å². The zero-order valence-electron chi connectivity index (χ0n) is 17.8. The number of thiazole rings is 1. The van der Waals surface area contributed by atoms with Gasteiger partial charge >= 0.3 is 5.97 Å². The minimum atomic E-state index is -0.571. The number of carbonyl (C=O) groups is 2. The summed E-state index contributed by atoms with van der Waals surface area (Å²) in [6.45, 7) is 4.79. The zero-order chi connectivity index (χ0) is 21.1. The molecule has 1 aromatic heterocycles. The van der Waals surface area contributed by atoms with Crippen molar-refractivity contribution in [3.8, 4) is 0 Å². The molecule has 1 aromatic carbocycles. The first-order valence-corrected chi connectivity index (χ1v) is 11.7. The number of aromatic nitrogens is 1. The molecule has 1 aliphatic carbocycles. The largest absolute Gasteiger partial charge is 0.455 e. The molecule has 2 atom stereocenters. The molecule has 7 heteroatoms. The van der Waals surface area contributed by atoms with E-state index in [4.69, 9.17) is 14.5 Å². The van der Waals surface area contributed by atoms with Crippen LogP contribution in [-0.4, -0.2) is 53.7 Å². The lowest BCUT2D eigenvalue weighted by atomic mass is 9.72. The van der Waals surface area contributed by atoms with Crippen LogP contribution in [0.4, 0.5) is 0 Å². The number of esters is 1. The van der Waals surface area contributed by atoms with Crippen LogP contribution in [0, 0.1) is 5.41 Å². The monoisotopic (exact) mass is 430 g/mol. The van der Waals surface area contributed by atoms with Crippen LogP contribution < -0.4 is 0 Å². The van der Waals surface area contributed by atoms with E-state index in [1.54, 1.807) is 16.2 Å². The van der Waals surface area contributed by atoms with Gasteiger partial charge < -0.3 is 14.4 Å². The van der Waals surface area contributed by atoms with Gasteiger partial charge in [-0.05, 0) is 38.8 Å². The minimum Gasteiger partial charge on any atom is -0.455 e. The van der Waals surface area contributed by atoms with Crippen molar-refractivity contribution in [2.75, 3.05) is 19.7 Å².